The zero-order valence-corrected chi connectivity index (χ0v) is 12.3. The lowest BCUT2D eigenvalue weighted by atomic mass is 10.2. The van der Waals surface area contributed by atoms with Crippen LogP contribution in [0.5, 0.6) is 5.75 Å². The van der Waals surface area contributed by atoms with E-state index in [4.69, 9.17) is 16.3 Å². The maximum Gasteiger partial charge on any atom is 0.252 e. The molecule has 0 bridgehead atoms. The van der Waals surface area contributed by atoms with Gasteiger partial charge in [-0.3, -0.25) is 4.79 Å². The Morgan fingerprint density at radius 3 is 2.57 bits per heavy atom. The fourth-order valence-electron chi connectivity index (χ4n) is 1.67. The number of amides is 1. The zero-order chi connectivity index (χ0) is 15.1. The largest absolute Gasteiger partial charge is 0.497 e. The van der Waals surface area contributed by atoms with Crippen molar-refractivity contribution >= 4 is 17.5 Å². The second kappa shape index (κ2) is 7.37. The zero-order valence-electron chi connectivity index (χ0n) is 11.5. The van der Waals surface area contributed by atoms with Crippen molar-refractivity contribution in [3.8, 4) is 17.6 Å². The van der Waals surface area contributed by atoms with Gasteiger partial charge in [0.15, 0.2) is 0 Å². The summed E-state index contributed by atoms with van der Waals surface area (Å²) in [5, 5.41) is 3.33. The quantitative estimate of drug-likeness (QED) is 0.884. The molecule has 0 aromatic heterocycles. The number of halogens is 1. The summed E-state index contributed by atoms with van der Waals surface area (Å²) in [5.41, 5.74) is 1.31. The molecule has 0 radical (unpaired) electrons. The van der Waals surface area contributed by atoms with Crippen molar-refractivity contribution in [2.75, 3.05) is 13.7 Å². The highest BCUT2D eigenvalue weighted by Gasteiger charge is 2.03. The summed E-state index contributed by atoms with van der Waals surface area (Å²) < 4.78 is 5.04. The Hall–Kier alpha value is -2.44. The first kappa shape index (κ1) is 15.0. The van der Waals surface area contributed by atoms with Crippen LogP contribution in [0.25, 0.3) is 0 Å². The third-order valence-corrected chi connectivity index (χ3v) is 3.12. The van der Waals surface area contributed by atoms with Crippen LogP contribution in [0.1, 0.15) is 15.9 Å². The first-order valence-electron chi connectivity index (χ1n) is 6.36. The summed E-state index contributed by atoms with van der Waals surface area (Å²) in [4.78, 5) is 11.9. The highest BCUT2D eigenvalue weighted by atomic mass is 35.5. The minimum atomic E-state index is -0.175. The number of ether oxygens (including phenoxy) is 1. The van der Waals surface area contributed by atoms with Gasteiger partial charge in [-0.05, 0) is 36.4 Å². The van der Waals surface area contributed by atoms with E-state index in [2.05, 4.69) is 17.2 Å². The van der Waals surface area contributed by atoms with E-state index in [9.17, 15) is 4.79 Å². The third-order valence-electron chi connectivity index (χ3n) is 2.79. The Labute approximate surface area is 128 Å². The molecule has 0 spiro atoms. The molecule has 3 nitrogen and oxygen atoms in total. The third kappa shape index (κ3) is 4.27. The molecule has 0 saturated carbocycles. The fraction of sp³-hybridized carbons (Fsp3) is 0.118. The highest BCUT2D eigenvalue weighted by molar-refractivity contribution is 6.31. The van der Waals surface area contributed by atoms with Gasteiger partial charge in [-0.1, -0.05) is 35.6 Å². The van der Waals surface area contributed by atoms with Crippen molar-refractivity contribution in [2.24, 2.45) is 0 Å². The summed E-state index contributed by atoms with van der Waals surface area (Å²) in [6.45, 7) is 0.260. The van der Waals surface area contributed by atoms with Crippen LogP contribution in [-0.2, 0) is 0 Å². The van der Waals surface area contributed by atoms with Gasteiger partial charge in [-0.2, -0.15) is 0 Å². The van der Waals surface area contributed by atoms with Crippen LogP contribution in [0.3, 0.4) is 0 Å². The monoisotopic (exact) mass is 299 g/mol. The van der Waals surface area contributed by atoms with Crippen molar-refractivity contribution in [1.29, 1.82) is 0 Å². The van der Waals surface area contributed by atoms with E-state index in [1.165, 1.54) is 0 Å². The standard InChI is InChI=1S/C17H14ClNO2/c1-21-15-10-8-14(9-11-15)17(20)19-12-4-6-13-5-2-3-7-16(13)18/h2-3,5,7-11H,12H2,1H3,(H,19,20). The van der Waals surface area contributed by atoms with Crippen molar-refractivity contribution in [2.45, 2.75) is 0 Å². The summed E-state index contributed by atoms with van der Waals surface area (Å²) in [6, 6.07) is 14.2. The maximum atomic E-state index is 11.9. The number of carbonyl (C=O) groups is 1. The Bertz CT molecular complexity index is 684. The topological polar surface area (TPSA) is 38.3 Å². The lowest BCUT2D eigenvalue weighted by Gasteiger charge is -2.03. The molecule has 0 unspecified atom stereocenters. The van der Waals surface area contributed by atoms with Crippen LogP contribution < -0.4 is 10.1 Å². The van der Waals surface area contributed by atoms with E-state index in [0.717, 1.165) is 5.56 Å². The summed E-state index contributed by atoms with van der Waals surface area (Å²) in [7, 11) is 1.58. The number of rotatable bonds is 3. The molecule has 1 amide bonds. The van der Waals surface area contributed by atoms with E-state index in [0.29, 0.717) is 16.3 Å². The first-order valence-corrected chi connectivity index (χ1v) is 6.74. The number of carbonyl (C=O) groups excluding carboxylic acids is 1. The number of hydrogen-bond donors (Lipinski definition) is 1. The van der Waals surface area contributed by atoms with Crippen LogP contribution in [0, 0.1) is 11.8 Å². The molecule has 0 saturated heterocycles. The smallest absolute Gasteiger partial charge is 0.252 e. The predicted molar refractivity (Wildman–Crippen MR) is 83.7 cm³/mol. The van der Waals surface area contributed by atoms with Crippen LogP contribution in [0.15, 0.2) is 48.5 Å². The molecule has 2 aromatic rings. The Kier molecular flexibility index (Phi) is 5.25. The Morgan fingerprint density at radius 1 is 1.19 bits per heavy atom. The van der Waals surface area contributed by atoms with Crippen molar-refractivity contribution in [3.63, 3.8) is 0 Å². The van der Waals surface area contributed by atoms with Gasteiger partial charge < -0.3 is 10.1 Å². The van der Waals surface area contributed by atoms with Crippen molar-refractivity contribution in [3.05, 3.63) is 64.7 Å². The SMILES string of the molecule is COc1ccc(C(=O)NCC#Cc2ccccc2Cl)cc1. The van der Waals surface area contributed by atoms with Gasteiger partial charge in [0.25, 0.3) is 5.91 Å². The van der Waals surface area contributed by atoms with Gasteiger partial charge in [-0.25, -0.2) is 0 Å². The number of benzene rings is 2. The Morgan fingerprint density at radius 2 is 1.90 bits per heavy atom. The number of methoxy groups -OCH3 is 1. The molecule has 0 atom stereocenters. The van der Waals surface area contributed by atoms with E-state index in [1.54, 1.807) is 37.4 Å². The summed E-state index contributed by atoms with van der Waals surface area (Å²) in [6.07, 6.45) is 0. The lowest BCUT2D eigenvalue weighted by Crippen LogP contribution is -2.23. The molecule has 21 heavy (non-hydrogen) atoms. The van der Waals surface area contributed by atoms with Crippen LogP contribution in [0.4, 0.5) is 0 Å². The molecule has 2 aromatic carbocycles. The second-order valence-electron chi connectivity index (χ2n) is 4.19. The minimum absolute atomic E-state index is 0.175. The predicted octanol–water partition coefficient (Wildman–Crippen LogP) is 3.13. The van der Waals surface area contributed by atoms with Gasteiger partial charge in [0, 0.05) is 11.1 Å². The first-order chi connectivity index (χ1) is 10.2. The number of hydrogen-bond acceptors (Lipinski definition) is 2. The van der Waals surface area contributed by atoms with Gasteiger partial charge in [0.05, 0.1) is 18.7 Å². The van der Waals surface area contributed by atoms with E-state index < -0.39 is 0 Å². The molecule has 2 rings (SSSR count). The van der Waals surface area contributed by atoms with Gasteiger partial charge in [0.1, 0.15) is 5.75 Å². The normalized spacial score (nSPS) is 9.43. The van der Waals surface area contributed by atoms with Gasteiger partial charge in [-0.15, -0.1) is 0 Å². The van der Waals surface area contributed by atoms with Crippen molar-refractivity contribution in [1.82, 2.24) is 5.32 Å². The molecule has 0 aliphatic heterocycles. The van der Waals surface area contributed by atoms with Crippen LogP contribution in [-0.4, -0.2) is 19.6 Å². The summed E-state index contributed by atoms with van der Waals surface area (Å²) >= 11 is 5.99. The highest BCUT2D eigenvalue weighted by Crippen LogP contribution is 2.13. The van der Waals surface area contributed by atoms with E-state index in [-0.39, 0.29) is 12.5 Å². The molecule has 4 heteroatoms. The van der Waals surface area contributed by atoms with Gasteiger partial charge >= 0.3 is 0 Å². The number of nitrogens with one attached hydrogen (secondary N) is 1. The summed E-state index contributed by atoms with van der Waals surface area (Å²) in [5.74, 6) is 6.33. The van der Waals surface area contributed by atoms with Gasteiger partial charge in [0.2, 0.25) is 0 Å². The maximum absolute atomic E-state index is 11.9. The lowest BCUT2D eigenvalue weighted by molar-refractivity contribution is 0.0958. The molecule has 0 heterocycles. The van der Waals surface area contributed by atoms with Crippen molar-refractivity contribution < 1.29 is 9.53 Å². The molecular formula is C17H14ClNO2. The molecular weight excluding hydrogens is 286 g/mol. The molecule has 106 valence electrons. The molecule has 0 fully saturated rings. The average Bonchev–Trinajstić information content (AvgIpc) is 2.53. The Balaban J connectivity index is 1.91. The molecule has 0 aliphatic rings. The molecule has 1 N–H and O–H groups in total. The van der Waals surface area contributed by atoms with E-state index >= 15 is 0 Å². The fourth-order valence-corrected chi connectivity index (χ4v) is 1.85. The van der Waals surface area contributed by atoms with E-state index in [1.807, 2.05) is 18.2 Å². The molecule has 0 aliphatic carbocycles. The minimum Gasteiger partial charge on any atom is -0.497 e. The van der Waals surface area contributed by atoms with Crippen LogP contribution in [0.2, 0.25) is 5.02 Å². The van der Waals surface area contributed by atoms with Crippen LogP contribution >= 0.6 is 11.6 Å². The average molecular weight is 300 g/mol. The second-order valence-corrected chi connectivity index (χ2v) is 4.60.